The van der Waals surface area contributed by atoms with Crippen molar-refractivity contribution in [3.05, 3.63) is 28.2 Å². The van der Waals surface area contributed by atoms with Crippen LogP contribution in [-0.4, -0.2) is 15.0 Å². The van der Waals surface area contributed by atoms with Crippen LogP contribution in [0.1, 0.15) is 12.5 Å². The Kier molecular flexibility index (Phi) is 4.12. The van der Waals surface area contributed by atoms with Gasteiger partial charge in [-0.25, -0.2) is 0 Å². The van der Waals surface area contributed by atoms with Crippen molar-refractivity contribution in [3.63, 3.8) is 0 Å². The summed E-state index contributed by atoms with van der Waals surface area (Å²) >= 11 is 3.30. The number of benzene rings is 1. The number of rotatable bonds is 4. The molecule has 0 heterocycles. The van der Waals surface area contributed by atoms with Crippen molar-refractivity contribution in [2.45, 2.75) is 13.8 Å². The minimum Gasteiger partial charge on any atom is -0.270 e. The first-order chi connectivity index (χ1) is 6.94. The van der Waals surface area contributed by atoms with E-state index < -0.39 is 10.2 Å². The molecule has 84 valence electrons. The second kappa shape index (κ2) is 4.96. The summed E-state index contributed by atoms with van der Waals surface area (Å²) in [6, 6.07) is 5.41. The van der Waals surface area contributed by atoms with Crippen LogP contribution in [0.3, 0.4) is 0 Å². The zero-order valence-electron chi connectivity index (χ0n) is 8.54. The third-order valence-corrected chi connectivity index (χ3v) is 3.52. The molecule has 0 amide bonds. The highest BCUT2D eigenvalue weighted by atomic mass is 79.9. The van der Waals surface area contributed by atoms with Gasteiger partial charge in [0.05, 0.1) is 5.69 Å². The van der Waals surface area contributed by atoms with E-state index in [4.69, 9.17) is 0 Å². The van der Waals surface area contributed by atoms with Gasteiger partial charge in [-0.3, -0.25) is 4.72 Å². The smallest absolute Gasteiger partial charge is 0.270 e. The van der Waals surface area contributed by atoms with Crippen molar-refractivity contribution in [1.29, 1.82) is 0 Å². The van der Waals surface area contributed by atoms with E-state index >= 15 is 0 Å². The van der Waals surface area contributed by atoms with Crippen molar-refractivity contribution in [1.82, 2.24) is 4.72 Å². The van der Waals surface area contributed by atoms with Gasteiger partial charge in [0.15, 0.2) is 0 Å². The Labute approximate surface area is 98.4 Å². The second-order valence-corrected chi connectivity index (χ2v) is 5.44. The second-order valence-electron chi connectivity index (χ2n) is 3.09. The SMILES string of the molecule is CCNS(=O)(=O)Nc1ccc(C)cc1Br. The van der Waals surface area contributed by atoms with Crippen LogP contribution in [0, 0.1) is 6.92 Å². The molecule has 0 saturated heterocycles. The lowest BCUT2D eigenvalue weighted by Crippen LogP contribution is -2.29. The third-order valence-electron chi connectivity index (χ3n) is 1.70. The summed E-state index contributed by atoms with van der Waals surface area (Å²) in [5.41, 5.74) is 1.59. The molecule has 1 aromatic carbocycles. The maximum atomic E-state index is 11.4. The number of nitrogens with one attached hydrogen (secondary N) is 2. The average molecular weight is 293 g/mol. The Balaban J connectivity index is 2.90. The molecule has 4 nitrogen and oxygen atoms in total. The summed E-state index contributed by atoms with van der Waals surface area (Å²) in [5, 5.41) is 0. The molecule has 0 radical (unpaired) electrons. The molecule has 0 aliphatic carbocycles. The fourth-order valence-electron chi connectivity index (χ4n) is 1.07. The lowest BCUT2D eigenvalue weighted by atomic mass is 10.2. The molecule has 1 rings (SSSR count). The molecule has 0 saturated carbocycles. The van der Waals surface area contributed by atoms with E-state index in [9.17, 15) is 8.42 Å². The van der Waals surface area contributed by atoms with Crippen molar-refractivity contribution >= 4 is 31.8 Å². The fraction of sp³-hybridized carbons (Fsp3) is 0.333. The Morgan fingerprint density at radius 2 is 2.07 bits per heavy atom. The first-order valence-corrected chi connectivity index (χ1v) is 6.76. The van der Waals surface area contributed by atoms with Crippen LogP contribution in [0.4, 0.5) is 5.69 Å². The quantitative estimate of drug-likeness (QED) is 0.892. The van der Waals surface area contributed by atoms with E-state index in [2.05, 4.69) is 25.4 Å². The molecule has 0 fully saturated rings. The van der Waals surface area contributed by atoms with Crippen molar-refractivity contribution in [3.8, 4) is 0 Å². The van der Waals surface area contributed by atoms with Gasteiger partial charge in [-0.15, -0.1) is 0 Å². The number of halogens is 1. The maximum Gasteiger partial charge on any atom is 0.299 e. The fourth-order valence-corrected chi connectivity index (χ4v) is 2.72. The van der Waals surface area contributed by atoms with Gasteiger partial charge in [-0.05, 0) is 40.5 Å². The number of anilines is 1. The summed E-state index contributed by atoms with van der Waals surface area (Å²) in [6.07, 6.45) is 0. The lowest BCUT2D eigenvalue weighted by Gasteiger charge is -2.09. The van der Waals surface area contributed by atoms with Crippen LogP contribution in [0.15, 0.2) is 22.7 Å². The predicted molar refractivity (Wildman–Crippen MR) is 65.1 cm³/mol. The van der Waals surface area contributed by atoms with Crippen LogP contribution in [-0.2, 0) is 10.2 Å². The lowest BCUT2D eigenvalue weighted by molar-refractivity contribution is 0.589. The van der Waals surface area contributed by atoms with Crippen molar-refractivity contribution in [2.24, 2.45) is 0 Å². The minimum absolute atomic E-state index is 0.360. The first kappa shape index (κ1) is 12.5. The summed E-state index contributed by atoms with van der Waals surface area (Å²) in [7, 11) is -3.45. The summed E-state index contributed by atoms with van der Waals surface area (Å²) in [5.74, 6) is 0. The van der Waals surface area contributed by atoms with Gasteiger partial charge in [0.25, 0.3) is 10.2 Å². The molecule has 15 heavy (non-hydrogen) atoms. The Bertz CT molecular complexity index is 445. The molecular weight excluding hydrogens is 280 g/mol. The molecule has 0 unspecified atom stereocenters. The normalized spacial score (nSPS) is 11.4. The Hall–Kier alpha value is -0.590. The van der Waals surface area contributed by atoms with Gasteiger partial charge < -0.3 is 0 Å². The molecule has 0 spiro atoms. The highest BCUT2D eigenvalue weighted by Crippen LogP contribution is 2.23. The van der Waals surface area contributed by atoms with E-state index in [1.54, 1.807) is 13.0 Å². The molecule has 2 N–H and O–H groups in total. The summed E-state index contributed by atoms with van der Waals surface area (Å²) in [4.78, 5) is 0. The summed E-state index contributed by atoms with van der Waals surface area (Å²) in [6.45, 7) is 4.02. The molecule has 0 aromatic heterocycles. The molecule has 0 aliphatic rings. The Morgan fingerprint density at radius 3 is 2.60 bits per heavy atom. The van der Waals surface area contributed by atoms with E-state index in [-0.39, 0.29) is 0 Å². The van der Waals surface area contributed by atoms with E-state index in [0.717, 1.165) is 10.0 Å². The highest BCUT2D eigenvalue weighted by Gasteiger charge is 2.09. The van der Waals surface area contributed by atoms with Crippen molar-refractivity contribution < 1.29 is 8.42 Å². The maximum absolute atomic E-state index is 11.4. The highest BCUT2D eigenvalue weighted by molar-refractivity contribution is 9.10. The van der Waals surface area contributed by atoms with Gasteiger partial charge in [-0.1, -0.05) is 13.0 Å². The number of hydrogen-bond donors (Lipinski definition) is 2. The van der Waals surface area contributed by atoms with E-state index in [1.165, 1.54) is 0 Å². The largest absolute Gasteiger partial charge is 0.299 e. The zero-order valence-corrected chi connectivity index (χ0v) is 10.9. The zero-order chi connectivity index (χ0) is 11.5. The van der Waals surface area contributed by atoms with Gasteiger partial charge in [0, 0.05) is 11.0 Å². The molecule has 0 aliphatic heterocycles. The summed E-state index contributed by atoms with van der Waals surface area (Å²) < 4.78 is 28.3. The first-order valence-electron chi connectivity index (χ1n) is 4.48. The molecule has 0 atom stereocenters. The van der Waals surface area contributed by atoms with Crippen molar-refractivity contribution in [2.75, 3.05) is 11.3 Å². The average Bonchev–Trinajstić information content (AvgIpc) is 2.09. The van der Waals surface area contributed by atoms with Crippen LogP contribution in [0.5, 0.6) is 0 Å². The van der Waals surface area contributed by atoms with Crippen LogP contribution in [0.2, 0.25) is 0 Å². The minimum atomic E-state index is -3.45. The standard InChI is InChI=1S/C9H13BrN2O2S/c1-3-11-15(13,14)12-9-5-4-7(2)6-8(9)10/h4-6,11-12H,3H2,1-2H3. The topological polar surface area (TPSA) is 58.2 Å². The van der Waals surface area contributed by atoms with E-state index in [1.807, 2.05) is 19.1 Å². The van der Waals surface area contributed by atoms with Gasteiger partial charge >= 0.3 is 0 Å². The number of aryl methyl sites for hydroxylation is 1. The van der Waals surface area contributed by atoms with Crippen LogP contribution < -0.4 is 9.44 Å². The van der Waals surface area contributed by atoms with Gasteiger partial charge in [0.1, 0.15) is 0 Å². The molecule has 0 bridgehead atoms. The number of hydrogen-bond acceptors (Lipinski definition) is 2. The predicted octanol–water partition coefficient (Wildman–Crippen LogP) is 2.02. The van der Waals surface area contributed by atoms with Crippen LogP contribution >= 0.6 is 15.9 Å². The van der Waals surface area contributed by atoms with Gasteiger partial charge in [0.2, 0.25) is 0 Å². The van der Waals surface area contributed by atoms with E-state index in [0.29, 0.717) is 12.2 Å². The van der Waals surface area contributed by atoms with Gasteiger partial charge in [-0.2, -0.15) is 13.1 Å². The Morgan fingerprint density at radius 1 is 1.40 bits per heavy atom. The molecule has 1 aromatic rings. The molecule has 6 heteroatoms. The third kappa shape index (κ3) is 3.81. The van der Waals surface area contributed by atoms with Crippen LogP contribution in [0.25, 0.3) is 0 Å². The monoisotopic (exact) mass is 292 g/mol. The molecular formula is C9H13BrN2O2S.